The molecule has 0 spiro atoms. The lowest BCUT2D eigenvalue weighted by molar-refractivity contribution is -0.140. The molecule has 5 rings (SSSR count). The van der Waals surface area contributed by atoms with Gasteiger partial charge in [-0.05, 0) is 55.2 Å². The highest BCUT2D eigenvalue weighted by Crippen LogP contribution is 2.41. The lowest BCUT2D eigenvalue weighted by Gasteiger charge is -2.19. The van der Waals surface area contributed by atoms with E-state index in [-0.39, 0.29) is 47.3 Å². The van der Waals surface area contributed by atoms with E-state index in [4.69, 9.17) is 4.74 Å². The Bertz CT molecular complexity index is 1910. The van der Waals surface area contributed by atoms with Crippen LogP contribution in [0.5, 0.6) is 0 Å². The molecule has 42 heavy (non-hydrogen) atoms. The van der Waals surface area contributed by atoms with Crippen molar-refractivity contribution in [2.75, 3.05) is 6.61 Å². The Kier molecular flexibility index (Phi) is 6.94. The van der Waals surface area contributed by atoms with Crippen LogP contribution in [-0.2, 0) is 30.9 Å². The first kappa shape index (κ1) is 29.0. The van der Waals surface area contributed by atoms with Gasteiger partial charge in [0.1, 0.15) is 12.1 Å². The van der Waals surface area contributed by atoms with E-state index in [0.29, 0.717) is 9.13 Å². The van der Waals surface area contributed by atoms with Gasteiger partial charge in [-0.15, -0.1) is 0 Å². The third-order valence-electron chi connectivity index (χ3n) is 7.22. The monoisotopic (exact) mass is 596 g/mol. The summed E-state index contributed by atoms with van der Waals surface area (Å²) in [7, 11) is 1.27. The van der Waals surface area contributed by atoms with Gasteiger partial charge in [-0.25, -0.2) is 14.4 Å². The first-order chi connectivity index (χ1) is 19.6. The van der Waals surface area contributed by atoms with Gasteiger partial charge in [-0.1, -0.05) is 12.1 Å². The molecule has 1 unspecified atom stereocenters. The van der Waals surface area contributed by atoms with E-state index in [1.165, 1.54) is 32.2 Å². The van der Waals surface area contributed by atoms with Crippen LogP contribution in [0.15, 0.2) is 57.0 Å². The summed E-state index contributed by atoms with van der Waals surface area (Å²) in [5.41, 5.74) is -4.81. The maximum absolute atomic E-state index is 13.8. The number of aromatic nitrogens is 4. The smallest absolute Gasteiger partial charge is 0.416 e. The van der Waals surface area contributed by atoms with Crippen LogP contribution in [0.3, 0.4) is 0 Å². The Morgan fingerprint density at radius 3 is 2.36 bits per heavy atom. The van der Waals surface area contributed by atoms with Gasteiger partial charge < -0.3 is 4.74 Å². The Morgan fingerprint density at radius 2 is 1.71 bits per heavy atom. The fourth-order valence-electron chi connectivity index (χ4n) is 5.43. The molecule has 2 aromatic heterocycles. The standard InChI is InChI=1S/C27H22F6N4O5/c1-3-42-23(39)17-12-35(14-7-9-20-21(11-14)36(13-26(28,29)30)24(40)34(20)2)25(41)37(22(17)38)19-10-8-15-16(19)5-4-6-18(15)27(31,32)33/h4-7,9,11-12,19H,3,8,10,13H2,1-2H3. The van der Waals surface area contributed by atoms with Crippen molar-refractivity contribution in [1.82, 2.24) is 18.3 Å². The molecule has 9 nitrogen and oxygen atoms in total. The molecule has 0 aliphatic heterocycles. The molecular weight excluding hydrogens is 574 g/mol. The highest BCUT2D eigenvalue weighted by atomic mass is 19.4. The molecule has 0 amide bonds. The summed E-state index contributed by atoms with van der Waals surface area (Å²) >= 11 is 0. The predicted molar refractivity (Wildman–Crippen MR) is 137 cm³/mol. The number of carbonyl (C=O) groups is 1. The van der Waals surface area contributed by atoms with Gasteiger partial charge in [0.05, 0.1) is 34.9 Å². The zero-order chi connectivity index (χ0) is 30.7. The number of fused-ring (bicyclic) bond motifs is 2. The SMILES string of the molecule is CCOC(=O)c1cn(-c2ccc3c(c2)n(CC(F)(F)F)c(=O)n3C)c(=O)n(C2CCc3c2cccc3C(F)(F)F)c1=O. The number of alkyl halides is 6. The highest BCUT2D eigenvalue weighted by molar-refractivity contribution is 5.88. The summed E-state index contributed by atoms with van der Waals surface area (Å²) < 4.78 is 88.7. The molecule has 0 fully saturated rings. The number of hydrogen-bond acceptors (Lipinski definition) is 5. The molecule has 0 saturated carbocycles. The van der Waals surface area contributed by atoms with Crippen LogP contribution in [0.1, 0.15) is 46.4 Å². The lowest BCUT2D eigenvalue weighted by atomic mass is 10.0. The van der Waals surface area contributed by atoms with Crippen LogP contribution in [0, 0.1) is 0 Å². The average molecular weight is 596 g/mol. The molecule has 1 aliphatic rings. The fourth-order valence-corrected chi connectivity index (χ4v) is 5.43. The summed E-state index contributed by atoms with van der Waals surface area (Å²) in [6.07, 6.45) is -8.73. The molecule has 0 saturated heterocycles. The Labute approximate surface area is 231 Å². The molecule has 1 atom stereocenters. The lowest BCUT2D eigenvalue weighted by Crippen LogP contribution is -2.44. The Balaban J connectivity index is 1.77. The summed E-state index contributed by atoms with van der Waals surface area (Å²) in [6, 6.07) is 5.96. The molecule has 4 aromatic rings. The van der Waals surface area contributed by atoms with E-state index >= 15 is 0 Å². The number of aryl methyl sites for hydroxylation is 1. The number of ether oxygens (including phenoxy) is 1. The van der Waals surface area contributed by atoms with E-state index in [9.17, 15) is 45.5 Å². The quantitative estimate of drug-likeness (QED) is 0.257. The molecule has 222 valence electrons. The summed E-state index contributed by atoms with van der Waals surface area (Å²) in [5, 5.41) is 0. The van der Waals surface area contributed by atoms with E-state index < -0.39 is 59.0 Å². The minimum Gasteiger partial charge on any atom is -0.462 e. The molecule has 1 aliphatic carbocycles. The number of halogens is 6. The third-order valence-corrected chi connectivity index (χ3v) is 7.22. The second-order valence-electron chi connectivity index (χ2n) is 9.73. The number of imidazole rings is 1. The van der Waals surface area contributed by atoms with Gasteiger partial charge in [0.25, 0.3) is 5.56 Å². The third kappa shape index (κ3) is 4.81. The first-order valence-corrected chi connectivity index (χ1v) is 12.6. The number of nitrogens with zero attached hydrogens (tertiary/aromatic N) is 4. The van der Waals surface area contributed by atoms with Gasteiger partial charge in [-0.2, -0.15) is 26.3 Å². The van der Waals surface area contributed by atoms with Crippen LogP contribution in [-0.4, -0.2) is 37.0 Å². The average Bonchev–Trinajstić information content (AvgIpc) is 3.42. The van der Waals surface area contributed by atoms with Crippen molar-refractivity contribution in [3.05, 3.63) is 96.2 Å². The fraction of sp³-hybridized carbons (Fsp3) is 0.333. The van der Waals surface area contributed by atoms with Crippen LogP contribution in [0.25, 0.3) is 16.7 Å². The Morgan fingerprint density at radius 1 is 1.00 bits per heavy atom. The van der Waals surface area contributed by atoms with Crippen molar-refractivity contribution in [2.24, 2.45) is 7.05 Å². The van der Waals surface area contributed by atoms with E-state index in [1.54, 1.807) is 0 Å². The maximum atomic E-state index is 13.8. The van der Waals surface area contributed by atoms with E-state index in [2.05, 4.69) is 0 Å². The molecule has 0 N–H and O–H groups in total. The summed E-state index contributed by atoms with van der Waals surface area (Å²) in [4.78, 5) is 52.6. The number of hydrogen-bond donors (Lipinski definition) is 0. The zero-order valence-electron chi connectivity index (χ0n) is 22.0. The first-order valence-electron chi connectivity index (χ1n) is 12.6. The summed E-state index contributed by atoms with van der Waals surface area (Å²) in [5.74, 6) is -1.11. The van der Waals surface area contributed by atoms with Gasteiger partial charge in [0.15, 0.2) is 0 Å². The van der Waals surface area contributed by atoms with Crippen LogP contribution in [0.2, 0.25) is 0 Å². The Hall–Kier alpha value is -4.56. The van der Waals surface area contributed by atoms with Crippen molar-refractivity contribution in [3.63, 3.8) is 0 Å². The molecule has 0 bridgehead atoms. The van der Waals surface area contributed by atoms with Crippen LogP contribution >= 0.6 is 0 Å². The molecule has 15 heteroatoms. The normalized spacial score (nSPS) is 15.3. The number of rotatable bonds is 5. The van der Waals surface area contributed by atoms with Crippen LogP contribution < -0.4 is 16.9 Å². The van der Waals surface area contributed by atoms with Crippen LogP contribution in [0.4, 0.5) is 26.3 Å². The second-order valence-corrected chi connectivity index (χ2v) is 9.73. The number of carbonyl (C=O) groups excluding carboxylic acids is 1. The van der Waals surface area contributed by atoms with Gasteiger partial charge in [0, 0.05) is 13.2 Å². The number of esters is 1. The largest absolute Gasteiger partial charge is 0.462 e. The molecular formula is C27H22F6N4O5. The van der Waals surface area contributed by atoms with Crippen molar-refractivity contribution in [3.8, 4) is 5.69 Å². The maximum Gasteiger partial charge on any atom is 0.416 e. The van der Waals surface area contributed by atoms with E-state index in [0.717, 1.165) is 33.5 Å². The number of benzene rings is 2. The highest BCUT2D eigenvalue weighted by Gasteiger charge is 2.39. The van der Waals surface area contributed by atoms with E-state index in [1.807, 2.05) is 0 Å². The van der Waals surface area contributed by atoms with Gasteiger partial charge in [-0.3, -0.25) is 23.1 Å². The minimum atomic E-state index is -4.75. The van der Waals surface area contributed by atoms with Gasteiger partial charge in [0.2, 0.25) is 0 Å². The molecule has 2 heterocycles. The van der Waals surface area contributed by atoms with Crippen molar-refractivity contribution >= 4 is 17.0 Å². The molecule has 0 radical (unpaired) electrons. The van der Waals surface area contributed by atoms with Crippen molar-refractivity contribution < 1.29 is 35.9 Å². The van der Waals surface area contributed by atoms with Crippen molar-refractivity contribution in [1.29, 1.82) is 0 Å². The second kappa shape index (κ2) is 10.1. The molecule has 2 aromatic carbocycles. The van der Waals surface area contributed by atoms with Gasteiger partial charge >= 0.3 is 29.7 Å². The van der Waals surface area contributed by atoms with Crippen molar-refractivity contribution in [2.45, 2.75) is 44.7 Å². The predicted octanol–water partition coefficient (Wildman–Crippen LogP) is 3.95. The zero-order valence-corrected chi connectivity index (χ0v) is 22.0. The minimum absolute atomic E-state index is 0.0628. The topological polar surface area (TPSA) is 97.2 Å². The summed E-state index contributed by atoms with van der Waals surface area (Å²) in [6.45, 7) is -0.282.